The zero-order valence-corrected chi connectivity index (χ0v) is 10.8. The van der Waals surface area contributed by atoms with Crippen LogP contribution in [0.4, 0.5) is 13.2 Å². The fraction of sp³-hybridized carbons (Fsp3) is 0.571. The molecule has 0 aromatic heterocycles. The number of unbranched alkanes of at least 4 members (excludes halogenated alkanes) is 3. The molecular formula is C14H19F3O. The fourth-order valence-corrected chi connectivity index (χ4v) is 1.89. The van der Waals surface area contributed by atoms with Crippen molar-refractivity contribution in [3.05, 3.63) is 29.3 Å². The van der Waals surface area contributed by atoms with Gasteiger partial charge in [0.15, 0.2) is 0 Å². The van der Waals surface area contributed by atoms with Crippen LogP contribution in [0.5, 0.6) is 5.75 Å². The van der Waals surface area contributed by atoms with Crippen molar-refractivity contribution in [2.75, 3.05) is 7.11 Å². The van der Waals surface area contributed by atoms with Crippen LogP contribution in [0.25, 0.3) is 0 Å². The van der Waals surface area contributed by atoms with Crippen molar-refractivity contribution in [3.8, 4) is 5.75 Å². The number of alkyl halides is 3. The van der Waals surface area contributed by atoms with Gasteiger partial charge in [0.05, 0.1) is 12.7 Å². The molecule has 0 bridgehead atoms. The number of aryl methyl sites for hydroxylation is 1. The second-order valence-electron chi connectivity index (χ2n) is 4.34. The molecule has 0 fully saturated rings. The van der Waals surface area contributed by atoms with Gasteiger partial charge in [-0.3, -0.25) is 0 Å². The van der Waals surface area contributed by atoms with E-state index >= 15 is 0 Å². The third-order valence-electron chi connectivity index (χ3n) is 2.89. The Balaban J connectivity index is 2.77. The molecule has 0 aliphatic rings. The van der Waals surface area contributed by atoms with Crippen LogP contribution in [-0.4, -0.2) is 7.11 Å². The highest BCUT2D eigenvalue weighted by atomic mass is 19.4. The third-order valence-corrected chi connectivity index (χ3v) is 2.89. The summed E-state index contributed by atoms with van der Waals surface area (Å²) in [5.41, 5.74) is 0.0391. The van der Waals surface area contributed by atoms with Gasteiger partial charge in [0, 0.05) is 0 Å². The molecule has 18 heavy (non-hydrogen) atoms. The largest absolute Gasteiger partial charge is 0.496 e. The number of hydrogen-bond donors (Lipinski definition) is 0. The first-order valence-corrected chi connectivity index (χ1v) is 6.23. The highest BCUT2D eigenvalue weighted by molar-refractivity contribution is 5.39. The number of hydrogen-bond acceptors (Lipinski definition) is 1. The summed E-state index contributed by atoms with van der Waals surface area (Å²) in [6, 6.07) is 4.31. The minimum absolute atomic E-state index is 0.111. The lowest BCUT2D eigenvalue weighted by molar-refractivity contribution is -0.138. The fourth-order valence-electron chi connectivity index (χ4n) is 1.89. The molecule has 0 atom stereocenters. The number of rotatable bonds is 6. The second-order valence-corrected chi connectivity index (χ2v) is 4.34. The first kappa shape index (κ1) is 14.9. The maximum atomic E-state index is 12.8. The summed E-state index contributed by atoms with van der Waals surface area (Å²) in [5.74, 6) is -0.111. The summed E-state index contributed by atoms with van der Waals surface area (Å²) in [6.45, 7) is 2.11. The summed E-state index contributed by atoms with van der Waals surface area (Å²) in [7, 11) is 1.26. The predicted molar refractivity (Wildman–Crippen MR) is 65.8 cm³/mol. The molecule has 1 aromatic carbocycles. The van der Waals surface area contributed by atoms with E-state index in [9.17, 15) is 13.2 Å². The monoisotopic (exact) mass is 260 g/mol. The molecule has 0 radical (unpaired) electrons. The first-order chi connectivity index (χ1) is 8.49. The van der Waals surface area contributed by atoms with Crippen LogP contribution < -0.4 is 4.74 Å². The van der Waals surface area contributed by atoms with Crippen molar-refractivity contribution < 1.29 is 17.9 Å². The van der Waals surface area contributed by atoms with Crippen molar-refractivity contribution in [1.82, 2.24) is 0 Å². The zero-order valence-electron chi connectivity index (χ0n) is 10.8. The van der Waals surface area contributed by atoms with Crippen LogP contribution in [0.3, 0.4) is 0 Å². The van der Waals surface area contributed by atoms with Crippen LogP contribution >= 0.6 is 0 Å². The Morgan fingerprint density at radius 1 is 1.11 bits per heavy atom. The lowest BCUT2D eigenvalue weighted by Crippen LogP contribution is -2.08. The van der Waals surface area contributed by atoms with E-state index in [1.54, 1.807) is 6.07 Å². The Hall–Kier alpha value is -1.19. The molecule has 0 unspecified atom stereocenters. The quantitative estimate of drug-likeness (QED) is 0.665. The molecule has 1 nitrogen and oxygen atoms in total. The molecule has 4 heteroatoms. The van der Waals surface area contributed by atoms with Gasteiger partial charge in [0.1, 0.15) is 5.75 Å². The smallest absolute Gasteiger partial charge is 0.419 e. The molecule has 0 saturated heterocycles. The standard InChI is InChI=1S/C14H19F3O/c1-3-4-5-6-7-11-8-9-13(18-2)12(10-11)14(15,16)17/h8-10H,3-7H2,1-2H3. The molecule has 0 aliphatic carbocycles. The lowest BCUT2D eigenvalue weighted by Gasteiger charge is -2.13. The highest BCUT2D eigenvalue weighted by Gasteiger charge is 2.34. The molecule has 0 aliphatic heterocycles. The molecule has 0 heterocycles. The minimum atomic E-state index is -4.36. The van der Waals surface area contributed by atoms with Crippen LogP contribution in [0.2, 0.25) is 0 Å². The third kappa shape index (κ3) is 4.24. The molecule has 0 spiro atoms. The molecule has 0 amide bonds. The van der Waals surface area contributed by atoms with Crippen molar-refractivity contribution >= 4 is 0 Å². The van der Waals surface area contributed by atoms with Crippen molar-refractivity contribution in [2.45, 2.75) is 45.2 Å². The van der Waals surface area contributed by atoms with E-state index in [4.69, 9.17) is 4.74 Å². The zero-order chi connectivity index (χ0) is 13.6. The molecule has 0 N–H and O–H groups in total. The second kappa shape index (κ2) is 6.66. The average Bonchev–Trinajstić information content (AvgIpc) is 2.33. The molecule has 1 aromatic rings. The average molecular weight is 260 g/mol. The van der Waals surface area contributed by atoms with E-state index in [1.807, 2.05) is 0 Å². The maximum Gasteiger partial charge on any atom is 0.419 e. The minimum Gasteiger partial charge on any atom is -0.496 e. The van der Waals surface area contributed by atoms with Crippen LogP contribution in [0.1, 0.15) is 43.7 Å². The number of methoxy groups -OCH3 is 1. The Kier molecular flexibility index (Phi) is 5.51. The van der Waals surface area contributed by atoms with E-state index in [0.717, 1.165) is 31.2 Å². The highest BCUT2D eigenvalue weighted by Crippen LogP contribution is 2.36. The van der Waals surface area contributed by atoms with Gasteiger partial charge in [0.25, 0.3) is 0 Å². The Morgan fingerprint density at radius 2 is 1.83 bits per heavy atom. The first-order valence-electron chi connectivity index (χ1n) is 6.23. The van der Waals surface area contributed by atoms with E-state index in [2.05, 4.69) is 6.92 Å². The van der Waals surface area contributed by atoms with Gasteiger partial charge in [-0.05, 0) is 30.5 Å². The van der Waals surface area contributed by atoms with Crippen LogP contribution in [0, 0.1) is 0 Å². The van der Waals surface area contributed by atoms with Gasteiger partial charge in [-0.2, -0.15) is 13.2 Å². The van der Waals surface area contributed by atoms with Crippen molar-refractivity contribution in [2.24, 2.45) is 0 Å². The van der Waals surface area contributed by atoms with E-state index in [1.165, 1.54) is 19.2 Å². The summed E-state index contributed by atoms with van der Waals surface area (Å²) in [6.07, 6.45) is 0.567. The lowest BCUT2D eigenvalue weighted by atomic mass is 10.0. The number of benzene rings is 1. The summed E-state index contributed by atoms with van der Waals surface area (Å²) in [4.78, 5) is 0. The van der Waals surface area contributed by atoms with E-state index in [0.29, 0.717) is 6.42 Å². The molecule has 0 saturated carbocycles. The van der Waals surface area contributed by atoms with Crippen LogP contribution in [-0.2, 0) is 12.6 Å². The number of ether oxygens (including phenoxy) is 1. The number of halogens is 3. The summed E-state index contributed by atoms with van der Waals surface area (Å²) < 4.78 is 43.1. The molecular weight excluding hydrogens is 241 g/mol. The van der Waals surface area contributed by atoms with Crippen molar-refractivity contribution in [3.63, 3.8) is 0 Å². The Bertz CT molecular complexity index is 372. The maximum absolute atomic E-state index is 12.8. The summed E-state index contributed by atoms with van der Waals surface area (Å²) in [5, 5.41) is 0. The normalized spacial score (nSPS) is 11.6. The predicted octanol–water partition coefficient (Wildman–Crippen LogP) is 4.84. The molecule has 102 valence electrons. The SMILES string of the molecule is CCCCCCc1ccc(OC)c(C(F)(F)F)c1. The summed E-state index contributed by atoms with van der Waals surface area (Å²) >= 11 is 0. The molecule has 1 rings (SSSR count). The van der Waals surface area contributed by atoms with E-state index in [-0.39, 0.29) is 5.75 Å². The van der Waals surface area contributed by atoms with Gasteiger partial charge >= 0.3 is 6.18 Å². The van der Waals surface area contributed by atoms with Crippen molar-refractivity contribution in [1.29, 1.82) is 0 Å². The Morgan fingerprint density at radius 3 is 2.39 bits per heavy atom. The topological polar surface area (TPSA) is 9.23 Å². The van der Waals surface area contributed by atoms with Crippen LogP contribution in [0.15, 0.2) is 18.2 Å². The van der Waals surface area contributed by atoms with Gasteiger partial charge in [0.2, 0.25) is 0 Å². The van der Waals surface area contributed by atoms with Gasteiger partial charge in [-0.25, -0.2) is 0 Å². The van der Waals surface area contributed by atoms with E-state index < -0.39 is 11.7 Å². The van der Waals surface area contributed by atoms with Gasteiger partial charge < -0.3 is 4.74 Å². The van der Waals surface area contributed by atoms with Gasteiger partial charge in [-0.15, -0.1) is 0 Å². The Labute approximate surface area is 106 Å². The van der Waals surface area contributed by atoms with Gasteiger partial charge in [-0.1, -0.05) is 32.3 Å².